The first kappa shape index (κ1) is 23.2. The summed E-state index contributed by atoms with van der Waals surface area (Å²) < 4.78 is 0. The molecule has 0 spiro atoms. The summed E-state index contributed by atoms with van der Waals surface area (Å²) in [5, 5.41) is 5.24. The van der Waals surface area contributed by atoms with E-state index in [9.17, 15) is 9.59 Å². The third-order valence-corrected chi connectivity index (χ3v) is 7.12. The minimum absolute atomic E-state index is 0.0333. The maximum absolute atomic E-state index is 13.6. The Morgan fingerprint density at radius 2 is 1.76 bits per heavy atom. The molecule has 33 heavy (non-hydrogen) atoms. The van der Waals surface area contributed by atoms with Crippen molar-refractivity contribution in [1.82, 2.24) is 15.2 Å². The molecule has 1 fully saturated rings. The Bertz CT molecular complexity index is 1000. The van der Waals surface area contributed by atoms with Crippen LogP contribution in [-0.4, -0.2) is 34.3 Å². The van der Waals surface area contributed by atoms with E-state index in [-0.39, 0.29) is 17.9 Å². The zero-order chi connectivity index (χ0) is 22.9. The molecular formula is C27H31N3O2S. The van der Waals surface area contributed by atoms with Crippen LogP contribution in [0.4, 0.5) is 0 Å². The van der Waals surface area contributed by atoms with E-state index in [0.717, 1.165) is 41.7 Å². The van der Waals surface area contributed by atoms with Crippen LogP contribution in [0.15, 0.2) is 72.4 Å². The van der Waals surface area contributed by atoms with Gasteiger partial charge in [0, 0.05) is 29.9 Å². The average molecular weight is 462 g/mol. The van der Waals surface area contributed by atoms with Crippen LogP contribution in [-0.2, 0) is 22.4 Å². The monoisotopic (exact) mass is 461 g/mol. The molecule has 3 aromatic rings. The average Bonchev–Trinajstić information content (AvgIpc) is 3.36. The zero-order valence-electron chi connectivity index (χ0n) is 18.9. The number of amides is 2. The number of aromatic nitrogens is 1. The minimum atomic E-state index is -0.675. The second-order valence-corrected chi connectivity index (χ2v) is 9.64. The first-order chi connectivity index (χ1) is 16.2. The van der Waals surface area contributed by atoms with E-state index in [4.69, 9.17) is 0 Å². The molecule has 1 saturated carbocycles. The summed E-state index contributed by atoms with van der Waals surface area (Å²) in [6, 6.07) is 17.2. The Kier molecular flexibility index (Phi) is 8.25. The predicted octanol–water partition coefficient (Wildman–Crippen LogP) is 4.95. The number of carbonyl (C=O) groups is 2. The third-order valence-electron chi connectivity index (χ3n) is 6.24. The van der Waals surface area contributed by atoms with Gasteiger partial charge in [-0.25, -0.2) is 0 Å². The second-order valence-electron chi connectivity index (χ2n) is 8.61. The van der Waals surface area contributed by atoms with E-state index in [1.165, 1.54) is 6.42 Å². The maximum Gasteiger partial charge on any atom is 0.247 e. The number of nitrogens with zero attached hydrogens (tertiary/aromatic N) is 2. The van der Waals surface area contributed by atoms with E-state index >= 15 is 0 Å². The SMILES string of the molecule is O=C(NC1CCCCC1)[C@@H](c1ccncc1)N(CCc1ccccc1)C(=O)Cc1cccs1. The van der Waals surface area contributed by atoms with Gasteiger partial charge in [0.15, 0.2) is 0 Å². The van der Waals surface area contributed by atoms with Crippen LogP contribution in [0.1, 0.15) is 54.1 Å². The van der Waals surface area contributed by atoms with Crippen molar-refractivity contribution in [2.45, 2.75) is 57.0 Å². The third kappa shape index (κ3) is 6.51. The van der Waals surface area contributed by atoms with E-state index < -0.39 is 6.04 Å². The molecule has 0 saturated heterocycles. The molecule has 0 radical (unpaired) electrons. The number of nitrogens with one attached hydrogen (secondary N) is 1. The Labute approximate surface area is 199 Å². The van der Waals surface area contributed by atoms with E-state index in [2.05, 4.69) is 22.4 Å². The lowest BCUT2D eigenvalue weighted by atomic mass is 9.94. The molecule has 2 aromatic heterocycles. The quantitative estimate of drug-likeness (QED) is 0.491. The highest BCUT2D eigenvalue weighted by Gasteiger charge is 2.32. The molecule has 0 unspecified atom stereocenters. The molecule has 6 heteroatoms. The molecule has 1 atom stereocenters. The number of benzene rings is 1. The molecule has 0 aliphatic heterocycles. The Balaban J connectivity index is 1.61. The van der Waals surface area contributed by atoms with Crippen molar-refractivity contribution < 1.29 is 9.59 Å². The number of hydrogen-bond acceptors (Lipinski definition) is 4. The normalized spacial score (nSPS) is 15.0. The smallest absolute Gasteiger partial charge is 0.247 e. The first-order valence-corrected chi connectivity index (χ1v) is 12.6. The molecule has 1 aliphatic carbocycles. The zero-order valence-corrected chi connectivity index (χ0v) is 19.7. The van der Waals surface area contributed by atoms with Crippen LogP contribution in [0.5, 0.6) is 0 Å². The van der Waals surface area contributed by atoms with Gasteiger partial charge in [0.1, 0.15) is 6.04 Å². The van der Waals surface area contributed by atoms with Crippen LogP contribution >= 0.6 is 11.3 Å². The second kappa shape index (κ2) is 11.8. The largest absolute Gasteiger partial charge is 0.351 e. The van der Waals surface area contributed by atoms with Gasteiger partial charge in [-0.3, -0.25) is 14.6 Å². The highest BCUT2D eigenvalue weighted by Crippen LogP contribution is 2.25. The topological polar surface area (TPSA) is 62.3 Å². The molecule has 2 heterocycles. The summed E-state index contributed by atoms with van der Waals surface area (Å²) in [5.74, 6) is -0.130. The van der Waals surface area contributed by atoms with Crippen molar-refractivity contribution >= 4 is 23.2 Å². The van der Waals surface area contributed by atoms with Gasteiger partial charge in [0.05, 0.1) is 6.42 Å². The molecule has 1 N–H and O–H groups in total. The van der Waals surface area contributed by atoms with Crippen LogP contribution in [0.2, 0.25) is 0 Å². The van der Waals surface area contributed by atoms with Crippen molar-refractivity contribution in [3.8, 4) is 0 Å². The van der Waals surface area contributed by atoms with E-state index in [0.29, 0.717) is 19.4 Å². The highest BCUT2D eigenvalue weighted by molar-refractivity contribution is 7.10. The van der Waals surface area contributed by atoms with Crippen molar-refractivity contribution in [3.63, 3.8) is 0 Å². The molecular weight excluding hydrogens is 430 g/mol. The van der Waals surface area contributed by atoms with Gasteiger partial charge in [0.25, 0.3) is 0 Å². The lowest BCUT2D eigenvalue weighted by Gasteiger charge is -2.33. The number of rotatable bonds is 9. The summed E-state index contributed by atoms with van der Waals surface area (Å²) in [4.78, 5) is 34.1. The molecule has 1 aromatic carbocycles. The van der Waals surface area contributed by atoms with Gasteiger partial charge >= 0.3 is 0 Å². The Morgan fingerprint density at radius 3 is 2.45 bits per heavy atom. The molecule has 0 bridgehead atoms. The maximum atomic E-state index is 13.6. The van der Waals surface area contributed by atoms with Gasteiger partial charge in [0.2, 0.25) is 11.8 Å². The number of hydrogen-bond donors (Lipinski definition) is 1. The first-order valence-electron chi connectivity index (χ1n) is 11.8. The summed E-state index contributed by atoms with van der Waals surface area (Å²) in [6.07, 6.45) is 9.87. The summed E-state index contributed by atoms with van der Waals surface area (Å²) >= 11 is 1.57. The molecule has 5 nitrogen and oxygen atoms in total. The van der Waals surface area contributed by atoms with Crippen molar-refractivity contribution in [1.29, 1.82) is 0 Å². The number of pyridine rings is 1. The number of carbonyl (C=O) groups excluding carboxylic acids is 2. The van der Waals surface area contributed by atoms with E-state index in [1.54, 1.807) is 28.6 Å². The molecule has 4 rings (SSSR count). The molecule has 2 amide bonds. The summed E-state index contributed by atoms with van der Waals surface area (Å²) in [6.45, 7) is 0.472. The molecule has 1 aliphatic rings. The van der Waals surface area contributed by atoms with Crippen molar-refractivity contribution in [2.75, 3.05) is 6.54 Å². The van der Waals surface area contributed by atoms with Crippen LogP contribution in [0.3, 0.4) is 0 Å². The van der Waals surface area contributed by atoms with Gasteiger partial charge in [-0.15, -0.1) is 11.3 Å². The minimum Gasteiger partial charge on any atom is -0.351 e. The van der Waals surface area contributed by atoms with Crippen LogP contribution < -0.4 is 5.32 Å². The fourth-order valence-electron chi connectivity index (χ4n) is 4.50. The fourth-order valence-corrected chi connectivity index (χ4v) is 5.20. The van der Waals surface area contributed by atoms with Gasteiger partial charge in [-0.05, 0) is 54.0 Å². The Morgan fingerprint density at radius 1 is 1.00 bits per heavy atom. The van der Waals surface area contributed by atoms with Gasteiger partial charge in [-0.1, -0.05) is 55.7 Å². The van der Waals surface area contributed by atoms with Gasteiger partial charge < -0.3 is 10.2 Å². The number of thiophene rings is 1. The van der Waals surface area contributed by atoms with Crippen LogP contribution in [0, 0.1) is 0 Å². The lowest BCUT2D eigenvalue weighted by molar-refractivity contribution is -0.140. The molecule has 172 valence electrons. The summed E-state index contributed by atoms with van der Waals surface area (Å²) in [5.41, 5.74) is 1.94. The fraction of sp³-hybridized carbons (Fsp3) is 0.370. The standard InChI is InChI=1S/C27H31N3O2S/c31-25(20-24-12-7-19-33-24)30(18-15-21-8-3-1-4-9-21)26(22-13-16-28-17-14-22)27(32)29-23-10-5-2-6-11-23/h1,3-4,7-9,12-14,16-17,19,23,26H,2,5-6,10-11,15,18,20H2,(H,29,32)/t26-/m1/s1. The summed E-state index contributed by atoms with van der Waals surface area (Å²) in [7, 11) is 0. The van der Waals surface area contributed by atoms with Crippen LogP contribution in [0.25, 0.3) is 0 Å². The van der Waals surface area contributed by atoms with E-state index in [1.807, 2.05) is 47.8 Å². The van der Waals surface area contributed by atoms with Crippen molar-refractivity contribution in [3.05, 3.63) is 88.4 Å². The predicted molar refractivity (Wildman–Crippen MR) is 132 cm³/mol. The lowest BCUT2D eigenvalue weighted by Crippen LogP contribution is -2.48. The Hall–Kier alpha value is -2.99. The van der Waals surface area contributed by atoms with Gasteiger partial charge in [-0.2, -0.15) is 0 Å². The highest BCUT2D eigenvalue weighted by atomic mass is 32.1. The van der Waals surface area contributed by atoms with Crippen molar-refractivity contribution in [2.24, 2.45) is 0 Å².